The lowest BCUT2D eigenvalue weighted by molar-refractivity contribution is 0.0514. The van der Waals surface area contributed by atoms with Crippen LogP contribution in [0.25, 0.3) is 33.5 Å². The third kappa shape index (κ3) is 4.17. The zero-order valence-corrected chi connectivity index (χ0v) is 22.4. The molecule has 0 atom stereocenters. The largest absolute Gasteiger partial charge is 0.507 e. The van der Waals surface area contributed by atoms with Crippen LogP contribution in [-0.4, -0.2) is 58.9 Å². The number of ether oxygens (including phenoxy) is 4. The first-order valence-corrected chi connectivity index (χ1v) is 12.6. The fourth-order valence-corrected chi connectivity index (χ4v) is 5.28. The molecule has 4 aromatic rings. The molecule has 0 unspecified atom stereocenters. The summed E-state index contributed by atoms with van der Waals surface area (Å²) in [5, 5.41) is 42.6. The highest BCUT2D eigenvalue weighted by Gasteiger charge is 2.35. The van der Waals surface area contributed by atoms with E-state index in [4.69, 9.17) is 18.9 Å². The smallest absolute Gasteiger partial charge is 0.355 e. The zero-order chi connectivity index (χ0) is 28.7. The van der Waals surface area contributed by atoms with Crippen LogP contribution in [0.4, 0.5) is 0 Å². The first-order valence-electron chi connectivity index (χ1n) is 12.6. The molecule has 0 radical (unpaired) electrons. The summed E-state index contributed by atoms with van der Waals surface area (Å²) in [5.41, 5.74) is 3.80. The molecule has 0 saturated heterocycles. The van der Waals surface area contributed by atoms with Crippen LogP contribution in [0.15, 0.2) is 42.5 Å². The number of methoxy groups -OCH3 is 3. The van der Waals surface area contributed by atoms with Crippen LogP contribution in [0.5, 0.6) is 40.2 Å². The number of rotatable bonds is 7. The van der Waals surface area contributed by atoms with Gasteiger partial charge in [-0.3, -0.25) is 0 Å². The van der Waals surface area contributed by atoms with Crippen molar-refractivity contribution in [1.29, 1.82) is 0 Å². The van der Waals surface area contributed by atoms with Crippen LogP contribution < -0.4 is 14.2 Å². The Morgan fingerprint density at radius 3 is 2.02 bits per heavy atom. The second kappa shape index (κ2) is 10.3. The highest BCUT2D eigenvalue weighted by atomic mass is 16.5. The predicted molar refractivity (Wildman–Crippen MR) is 147 cm³/mol. The van der Waals surface area contributed by atoms with Crippen LogP contribution in [-0.2, 0) is 17.7 Å². The molecule has 208 valence electrons. The van der Waals surface area contributed by atoms with Gasteiger partial charge in [0.2, 0.25) is 0 Å². The molecular weight excluding hydrogens is 518 g/mol. The van der Waals surface area contributed by atoms with Crippen molar-refractivity contribution in [2.45, 2.75) is 19.9 Å². The van der Waals surface area contributed by atoms with Crippen LogP contribution in [0.1, 0.15) is 23.0 Å². The lowest BCUT2D eigenvalue weighted by Gasteiger charge is -2.23. The summed E-state index contributed by atoms with van der Waals surface area (Å²) in [7, 11) is 4.27. The maximum atomic E-state index is 13.6. The van der Waals surface area contributed by atoms with Crippen molar-refractivity contribution >= 4 is 5.97 Å². The number of aryl methyl sites for hydroxylation is 1. The average Bonchev–Trinajstić information content (AvgIpc) is 3.28. The van der Waals surface area contributed by atoms with Crippen molar-refractivity contribution in [3.8, 4) is 73.8 Å². The first-order chi connectivity index (χ1) is 19.2. The number of carbonyl (C=O) groups is 1. The molecule has 1 aliphatic rings. The van der Waals surface area contributed by atoms with E-state index >= 15 is 0 Å². The van der Waals surface area contributed by atoms with Gasteiger partial charge >= 0.3 is 5.97 Å². The van der Waals surface area contributed by atoms with E-state index in [0.717, 1.165) is 11.6 Å². The summed E-state index contributed by atoms with van der Waals surface area (Å²) in [6.45, 7) is 2.16. The molecule has 0 amide bonds. The number of benzene rings is 3. The van der Waals surface area contributed by atoms with Gasteiger partial charge in [0, 0.05) is 34.9 Å². The lowest BCUT2D eigenvalue weighted by Crippen LogP contribution is -2.18. The molecule has 0 saturated carbocycles. The maximum Gasteiger partial charge on any atom is 0.355 e. The second-order valence-corrected chi connectivity index (χ2v) is 9.18. The van der Waals surface area contributed by atoms with E-state index in [1.54, 1.807) is 31.2 Å². The molecule has 10 heteroatoms. The Morgan fingerprint density at radius 1 is 0.775 bits per heavy atom. The standard InChI is InChI=1S/C30H29NO9/c1-5-40-30(36)29-27(18-13-25(39-4)22(35)14-19(18)32)26(16-6-7-23(37-2)20(33)11-16)28-17-12-24(38-3)21(34)10-15(17)8-9-31(28)29/h6-7,10-14,32-35H,5,8-9H2,1-4H3. The number of phenolic OH excluding ortho intramolecular Hbond substituents is 4. The number of aromatic nitrogens is 1. The van der Waals surface area contributed by atoms with E-state index in [-0.39, 0.29) is 58.1 Å². The number of phenols is 4. The molecule has 10 nitrogen and oxygen atoms in total. The molecule has 3 aromatic carbocycles. The molecule has 1 aromatic heterocycles. The molecule has 4 N–H and O–H groups in total. The molecule has 2 heterocycles. The van der Waals surface area contributed by atoms with Gasteiger partial charge in [0.05, 0.1) is 33.6 Å². The van der Waals surface area contributed by atoms with Crippen LogP contribution in [0.3, 0.4) is 0 Å². The summed E-state index contributed by atoms with van der Waals surface area (Å²) in [4.78, 5) is 13.6. The molecule has 0 spiro atoms. The van der Waals surface area contributed by atoms with E-state index in [2.05, 4.69) is 0 Å². The normalized spacial score (nSPS) is 11.9. The summed E-state index contributed by atoms with van der Waals surface area (Å²) in [6.07, 6.45) is 0.485. The maximum absolute atomic E-state index is 13.6. The number of fused-ring (bicyclic) bond motifs is 3. The Kier molecular flexibility index (Phi) is 6.85. The van der Waals surface area contributed by atoms with Crippen molar-refractivity contribution in [1.82, 2.24) is 4.57 Å². The lowest BCUT2D eigenvalue weighted by atomic mass is 9.89. The fourth-order valence-electron chi connectivity index (χ4n) is 5.28. The van der Waals surface area contributed by atoms with Crippen molar-refractivity contribution < 1.29 is 44.2 Å². The summed E-state index contributed by atoms with van der Waals surface area (Å²) in [5.74, 6) is -0.762. The quantitative estimate of drug-likeness (QED) is 0.234. The third-order valence-corrected chi connectivity index (χ3v) is 7.03. The summed E-state index contributed by atoms with van der Waals surface area (Å²) in [6, 6.07) is 10.7. The first kappa shape index (κ1) is 26.6. The number of nitrogens with zero attached hydrogens (tertiary/aromatic N) is 1. The van der Waals surface area contributed by atoms with Crippen molar-refractivity contribution in [3.63, 3.8) is 0 Å². The SMILES string of the molecule is CCOC(=O)c1c(-c2cc(OC)c(O)cc2O)c(-c2ccc(OC)c(O)c2)c2n1CCc1cc(O)c(OC)cc1-2. The van der Waals surface area contributed by atoms with Gasteiger partial charge in [0.1, 0.15) is 11.4 Å². The average molecular weight is 548 g/mol. The van der Waals surface area contributed by atoms with Crippen molar-refractivity contribution in [2.24, 2.45) is 0 Å². The van der Waals surface area contributed by atoms with Gasteiger partial charge in [-0.2, -0.15) is 0 Å². The van der Waals surface area contributed by atoms with Crippen LogP contribution in [0.2, 0.25) is 0 Å². The molecular formula is C30H29NO9. The number of esters is 1. The minimum Gasteiger partial charge on any atom is -0.507 e. The van der Waals surface area contributed by atoms with E-state index in [0.29, 0.717) is 40.9 Å². The molecule has 1 aliphatic heterocycles. The number of carbonyl (C=O) groups excluding carboxylic acids is 1. The molecule has 0 aliphatic carbocycles. The second-order valence-electron chi connectivity index (χ2n) is 9.18. The highest BCUT2D eigenvalue weighted by molar-refractivity contribution is 6.08. The predicted octanol–water partition coefficient (Wildman–Crippen LogP) is 5.07. The van der Waals surface area contributed by atoms with E-state index in [9.17, 15) is 25.2 Å². The minimum atomic E-state index is -0.622. The molecule has 0 bridgehead atoms. The Balaban J connectivity index is 1.98. The van der Waals surface area contributed by atoms with Gasteiger partial charge in [0.15, 0.2) is 34.5 Å². The number of hydrogen-bond donors (Lipinski definition) is 4. The van der Waals surface area contributed by atoms with E-state index in [1.165, 1.54) is 33.5 Å². The van der Waals surface area contributed by atoms with Crippen LogP contribution >= 0.6 is 0 Å². The van der Waals surface area contributed by atoms with Crippen LogP contribution in [0, 0.1) is 0 Å². The summed E-state index contributed by atoms with van der Waals surface area (Å²) < 4.78 is 23.3. The van der Waals surface area contributed by atoms with Gasteiger partial charge in [-0.05, 0) is 54.8 Å². The van der Waals surface area contributed by atoms with E-state index in [1.807, 2.05) is 4.57 Å². The van der Waals surface area contributed by atoms with Crippen molar-refractivity contribution in [3.05, 3.63) is 53.7 Å². The molecule has 5 rings (SSSR count). The Bertz CT molecular complexity index is 1640. The molecule has 40 heavy (non-hydrogen) atoms. The molecule has 0 fully saturated rings. The zero-order valence-electron chi connectivity index (χ0n) is 22.4. The van der Waals surface area contributed by atoms with Gasteiger partial charge in [0.25, 0.3) is 0 Å². The van der Waals surface area contributed by atoms with Gasteiger partial charge < -0.3 is 43.9 Å². The van der Waals surface area contributed by atoms with Gasteiger partial charge in [-0.1, -0.05) is 6.07 Å². The Morgan fingerprint density at radius 2 is 1.40 bits per heavy atom. The van der Waals surface area contributed by atoms with Gasteiger partial charge in [-0.15, -0.1) is 0 Å². The fraction of sp³-hybridized carbons (Fsp3) is 0.233. The monoisotopic (exact) mass is 547 g/mol. The minimum absolute atomic E-state index is 0.0170. The Labute approximate surface area is 230 Å². The van der Waals surface area contributed by atoms with Crippen molar-refractivity contribution in [2.75, 3.05) is 27.9 Å². The van der Waals surface area contributed by atoms with Gasteiger partial charge in [-0.25, -0.2) is 4.79 Å². The summed E-state index contributed by atoms with van der Waals surface area (Å²) >= 11 is 0. The highest BCUT2D eigenvalue weighted by Crippen LogP contribution is 2.52. The number of aromatic hydroxyl groups is 4. The topological polar surface area (TPSA) is 140 Å². The van der Waals surface area contributed by atoms with E-state index < -0.39 is 5.97 Å². The number of hydrogen-bond acceptors (Lipinski definition) is 9. The third-order valence-electron chi connectivity index (χ3n) is 7.03. The Hall–Kier alpha value is -4.99.